The van der Waals surface area contributed by atoms with Crippen molar-refractivity contribution in [1.82, 2.24) is 4.90 Å². The summed E-state index contributed by atoms with van der Waals surface area (Å²) in [4.78, 5) is 15.6. The lowest BCUT2D eigenvalue weighted by Gasteiger charge is -2.37. The average Bonchev–Trinajstić information content (AvgIpc) is 3.15. The van der Waals surface area contributed by atoms with Crippen molar-refractivity contribution in [2.24, 2.45) is 5.41 Å². The van der Waals surface area contributed by atoms with Gasteiger partial charge in [0, 0.05) is 11.4 Å². The summed E-state index contributed by atoms with van der Waals surface area (Å²) in [7, 11) is -4.14. The Kier molecular flexibility index (Phi) is 7.02. The largest absolute Gasteiger partial charge is 0.426 e. The van der Waals surface area contributed by atoms with Crippen LogP contribution in [-0.2, 0) is 27.8 Å². The normalized spacial score (nSPS) is 17.5. The molecule has 1 aromatic carbocycles. The van der Waals surface area contributed by atoms with Crippen LogP contribution in [0.4, 0.5) is 0 Å². The number of carbonyl (C=O) groups is 1. The molecule has 8 heteroatoms. The Morgan fingerprint density at radius 1 is 1.30 bits per heavy atom. The van der Waals surface area contributed by atoms with Crippen LogP contribution in [0.1, 0.15) is 49.2 Å². The van der Waals surface area contributed by atoms with Crippen molar-refractivity contribution in [3.05, 3.63) is 51.7 Å². The lowest BCUT2D eigenvalue weighted by Crippen LogP contribution is -2.39. The minimum absolute atomic E-state index is 0.317. The van der Waals surface area contributed by atoms with E-state index in [2.05, 4.69) is 16.3 Å². The third-order valence-corrected chi connectivity index (χ3v) is 6.90. The van der Waals surface area contributed by atoms with Gasteiger partial charge in [-0.2, -0.15) is 8.42 Å². The van der Waals surface area contributed by atoms with E-state index in [0.717, 1.165) is 36.9 Å². The lowest BCUT2D eigenvalue weighted by molar-refractivity contribution is -0.143. The number of fused-ring (bicyclic) bond motifs is 1. The van der Waals surface area contributed by atoms with Crippen LogP contribution >= 0.6 is 11.3 Å². The summed E-state index contributed by atoms with van der Waals surface area (Å²) in [6, 6.07) is 9.06. The summed E-state index contributed by atoms with van der Waals surface area (Å²) in [5.74, 6) is -0.200. The summed E-state index contributed by atoms with van der Waals surface area (Å²) in [5, 5.41) is 2.05. The van der Waals surface area contributed by atoms with Crippen LogP contribution in [0.15, 0.2) is 35.7 Å². The quantitative estimate of drug-likeness (QED) is 0.387. The van der Waals surface area contributed by atoms with Gasteiger partial charge in [-0.3, -0.25) is 14.2 Å². The first-order valence-corrected chi connectivity index (χ1v) is 12.6. The van der Waals surface area contributed by atoms with Crippen molar-refractivity contribution in [2.75, 3.05) is 18.8 Å². The number of nitrogens with zero attached hydrogens (tertiary/aromatic N) is 1. The molecule has 0 spiro atoms. The Morgan fingerprint density at radius 2 is 2.07 bits per heavy atom. The van der Waals surface area contributed by atoms with Crippen molar-refractivity contribution in [3.63, 3.8) is 0 Å². The Hall–Kier alpha value is -1.74. The molecule has 3 rings (SSSR count). The summed E-state index contributed by atoms with van der Waals surface area (Å²) in [5.41, 5.74) is 1.21. The number of esters is 1. The monoisotopic (exact) mass is 451 g/mol. The second-order valence-corrected chi connectivity index (χ2v) is 11.3. The van der Waals surface area contributed by atoms with Crippen LogP contribution in [0.3, 0.4) is 0 Å². The molecular weight excluding hydrogens is 422 g/mol. The van der Waals surface area contributed by atoms with Gasteiger partial charge in [-0.15, -0.1) is 11.3 Å². The molecule has 2 aromatic rings. The van der Waals surface area contributed by atoms with Crippen LogP contribution in [0.5, 0.6) is 5.75 Å². The van der Waals surface area contributed by atoms with Gasteiger partial charge < -0.3 is 4.74 Å². The number of aryl methyl sites for hydroxylation is 1. The van der Waals surface area contributed by atoms with Crippen LogP contribution < -0.4 is 4.74 Å². The van der Waals surface area contributed by atoms with Crippen LogP contribution in [0, 0.1) is 5.41 Å². The molecule has 1 atom stereocenters. The molecule has 0 amide bonds. The number of benzene rings is 1. The third kappa shape index (κ3) is 6.14. The number of rotatable bonds is 7. The average molecular weight is 452 g/mol. The first kappa shape index (κ1) is 22.9. The van der Waals surface area contributed by atoms with Crippen molar-refractivity contribution in [1.29, 1.82) is 0 Å². The molecule has 1 aromatic heterocycles. The molecule has 30 heavy (non-hydrogen) atoms. The maximum absolute atomic E-state index is 12.2. The molecule has 0 bridgehead atoms. The third-order valence-electron chi connectivity index (χ3n) is 5.22. The van der Waals surface area contributed by atoms with E-state index in [1.54, 1.807) is 38.2 Å². The predicted molar refractivity (Wildman–Crippen MR) is 119 cm³/mol. The maximum Gasteiger partial charge on any atom is 0.316 e. The van der Waals surface area contributed by atoms with Crippen LogP contribution in [0.25, 0.3) is 0 Å². The zero-order valence-electron chi connectivity index (χ0n) is 17.6. The summed E-state index contributed by atoms with van der Waals surface area (Å²) in [6.07, 6.45) is 2.59. The van der Waals surface area contributed by atoms with Crippen molar-refractivity contribution >= 4 is 27.4 Å². The van der Waals surface area contributed by atoms with E-state index in [4.69, 9.17) is 4.74 Å². The molecule has 1 N–H and O–H groups in total. The fourth-order valence-corrected chi connectivity index (χ4v) is 5.18. The summed E-state index contributed by atoms with van der Waals surface area (Å²) >= 11 is 1.72. The first-order valence-electron chi connectivity index (χ1n) is 10.1. The molecule has 0 radical (unpaired) electrons. The molecule has 0 saturated heterocycles. The van der Waals surface area contributed by atoms with Gasteiger partial charge in [0.15, 0.2) is 0 Å². The second-order valence-electron chi connectivity index (χ2n) is 8.73. The second kappa shape index (κ2) is 9.18. The highest BCUT2D eigenvalue weighted by atomic mass is 32.2. The highest BCUT2D eigenvalue weighted by Crippen LogP contribution is 2.34. The van der Waals surface area contributed by atoms with Gasteiger partial charge in [0.1, 0.15) is 5.75 Å². The molecular formula is C22H29NO5S2. The SMILES string of the molecule is CC(C)(C)C(=O)Oc1ccc2c(c1)CCN(CCCc1cccs1)C2CS(=O)(=O)O. The zero-order chi connectivity index (χ0) is 21.9. The molecule has 1 unspecified atom stereocenters. The Balaban J connectivity index is 1.77. The smallest absolute Gasteiger partial charge is 0.316 e. The van der Waals surface area contributed by atoms with Gasteiger partial charge in [0.25, 0.3) is 10.1 Å². The molecule has 2 heterocycles. The standard InChI is InChI=1S/C22H29NO5S2/c1-22(2,3)21(24)28-17-8-9-19-16(14-17)10-12-23(20(19)15-30(25,26)27)11-4-6-18-7-5-13-29-18/h5,7-9,13-14,20H,4,6,10-12,15H2,1-3H3,(H,25,26,27). The number of carbonyl (C=O) groups excluding carboxylic acids is 1. The number of ether oxygens (including phenoxy) is 1. The molecule has 0 saturated carbocycles. The van der Waals surface area contributed by atoms with E-state index >= 15 is 0 Å². The van der Waals surface area contributed by atoms with Gasteiger partial charge in [0.05, 0.1) is 17.2 Å². The highest BCUT2D eigenvalue weighted by molar-refractivity contribution is 7.85. The molecule has 0 aliphatic carbocycles. The molecule has 0 fully saturated rings. The fraction of sp³-hybridized carbons (Fsp3) is 0.500. The topological polar surface area (TPSA) is 83.9 Å². The van der Waals surface area contributed by atoms with E-state index < -0.39 is 21.6 Å². The van der Waals surface area contributed by atoms with Gasteiger partial charge >= 0.3 is 5.97 Å². The minimum Gasteiger partial charge on any atom is -0.426 e. The number of thiophene rings is 1. The number of hydrogen-bond donors (Lipinski definition) is 1. The van der Waals surface area contributed by atoms with Gasteiger partial charge in [-0.1, -0.05) is 12.1 Å². The molecule has 164 valence electrons. The fourth-order valence-electron chi connectivity index (χ4n) is 3.64. The summed E-state index contributed by atoms with van der Waals surface area (Å²) in [6.45, 7) is 6.82. The Bertz CT molecular complexity index is 977. The lowest BCUT2D eigenvalue weighted by atomic mass is 9.92. The zero-order valence-corrected chi connectivity index (χ0v) is 19.3. The van der Waals surface area contributed by atoms with E-state index in [0.29, 0.717) is 12.3 Å². The van der Waals surface area contributed by atoms with E-state index in [1.165, 1.54) is 4.88 Å². The molecule has 1 aliphatic heterocycles. The van der Waals surface area contributed by atoms with Crippen molar-refractivity contribution < 1.29 is 22.5 Å². The van der Waals surface area contributed by atoms with Gasteiger partial charge in [-0.25, -0.2) is 0 Å². The molecule has 1 aliphatic rings. The van der Waals surface area contributed by atoms with Crippen LogP contribution in [-0.4, -0.2) is 42.7 Å². The van der Waals surface area contributed by atoms with Crippen molar-refractivity contribution in [2.45, 2.75) is 46.1 Å². The molecule has 6 nitrogen and oxygen atoms in total. The predicted octanol–water partition coefficient (Wildman–Crippen LogP) is 4.12. The van der Waals surface area contributed by atoms with Gasteiger partial charge in [-0.05, 0) is 81.3 Å². The minimum atomic E-state index is -4.14. The Morgan fingerprint density at radius 3 is 2.70 bits per heavy atom. The van der Waals surface area contributed by atoms with Crippen LogP contribution in [0.2, 0.25) is 0 Å². The summed E-state index contributed by atoms with van der Waals surface area (Å²) < 4.78 is 38.4. The van der Waals surface area contributed by atoms with Gasteiger partial charge in [0.2, 0.25) is 0 Å². The Labute approximate surface area is 182 Å². The van der Waals surface area contributed by atoms with E-state index in [-0.39, 0.29) is 11.7 Å². The maximum atomic E-state index is 12.2. The van der Waals surface area contributed by atoms with E-state index in [9.17, 15) is 17.8 Å². The highest BCUT2D eigenvalue weighted by Gasteiger charge is 2.31. The first-order chi connectivity index (χ1) is 14.0. The number of hydrogen-bond acceptors (Lipinski definition) is 6. The van der Waals surface area contributed by atoms with E-state index in [1.807, 2.05) is 18.2 Å². The van der Waals surface area contributed by atoms with Crippen molar-refractivity contribution in [3.8, 4) is 5.75 Å².